The summed E-state index contributed by atoms with van der Waals surface area (Å²) in [5.74, 6) is 1.47. The number of methoxy groups -OCH3 is 1. The molecule has 1 aromatic rings. The Kier molecular flexibility index (Phi) is 5.28. The van der Waals surface area contributed by atoms with Crippen molar-refractivity contribution in [2.75, 3.05) is 59.8 Å². The Labute approximate surface area is 153 Å². The number of rotatable bonds is 6. The molecule has 0 bridgehead atoms. The summed E-state index contributed by atoms with van der Waals surface area (Å²) < 4.78 is 22.3. The van der Waals surface area contributed by atoms with Crippen molar-refractivity contribution in [2.45, 2.75) is 18.4 Å². The second-order valence-corrected chi connectivity index (χ2v) is 6.96. The van der Waals surface area contributed by atoms with Gasteiger partial charge >= 0.3 is 0 Å². The van der Waals surface area contributed by atoms with Crippen LogP contribution in [0.1, 0.15) is 18.4 Å². The van der Waals surface area contributed by atoms with Gasteiger partial charge in [-0.05, 0) is 18.2 Å². The highest BCUT2D eigenvalue weighted by molar-refractivity contribution is 6.02. The fourth-order valence-electron chi connectivity index (χ4n) is 3.55. The van der Waals surface area contributed by atoms with Crippen LogP contribution in [0.2, 0.25) is 0 Å². The molecule has 0 aromatic heterocycles. The molecule has 142 valence electrons. The zero-order valence-corrected chi connectivity index (χ0v) is 15.2. The molecule has 1 unspecified atom stereocenters. The third-order valence-electron chi connectivity index (χ3n) is 5.17. The van der Waals surface area contributed by atoms with Crippen molar-refractivity contribution in [2.24, 2.45) is 5.16 Å². The number of hydrogen-bond donors (Lipinski definition) is 0. The monoisotopic (exact) mass is 362 g/mol. The molecule has 4 rings (SSSR count). The van der Waals surface area contributed by atoms with E-state index in [0.717, 1.165) is 75.1 Å². The van der Waals surface area contributed by atoms with Gasteiger partial charge < -0.3 is 23.8 Å². The number of oxime groups is 1. The molecule has 3 aliphatic rings. The number of ether oxygens (including phenoxy) is 4. The molecule has 2 saturated heterocycles. The molecule has 0 radical (unpaired) electrons. The summed E-state index contributed by atoms with van der Waals surface area (Å²) in [5.41, 5.74) is 1.68. The molecule has 0 N–H and O–H groups in total. The van der Waals surface area contributed by atoms with Gasteiger partial charge in [-0.3, -0.25) is 4.90 Å². The summed E-state index contributed by atoms with van der Waals surface area (Å²) in [6, 6.07) is 5.94. The highest BCUT2D eigenvalue weighted by atomic mass is 16.7. The van der Waals surface area contributed by atoms with E-state index in [1.807, 2.05) is 18.2 Å². The first-order valence-electron chi connectivity index (χ1n) is 9.22. The van der Waals surface area contributed by atoms with E-state index in [4.69, 9.17) is 23.8 Å². The van der Waals surface area contributed by atoms with Crippen LogP contribution in [0.15, 0.2) is 23.4 Å². The van der Waals surface area contributed by atoms with Gasteiger partial charge in [-0.15, -0.1) is 0 Å². The van der Waals surface area contributed by atoms with Crippen LogP contribution in [0.4, 0.5) is 0 Å². The molecule has 2 fully saturated rings. The largest absolute Gasteiger partial charge is 0.493 e. The molecule has 0 amide bonds. The van der Waals surface area contributed by atoms with E-state index in [1.54, 1.807) is 7.11 Å². The topological polar surface area (TPSA) is 61.8 Å². The van der Waals surface area contributed by atoms with Gasteiger partial charge in [0.15, 0.2) is 17.1 Å². The van der Waals surface area contributed by atoms with E-state index >= 15 is 0 Å². The molecule has 1 atom stereocenters. The SMILES string of the molecule is COc1cc(C2=NOC3(CCOC3)C2)ccc1OCCN1CCOCC1. The summed E-state index contributed by atoms with van der Waals surface area (Å²) >= 11 is 0. The van der Waals surface area contributed by atoms with Crippen molar-refractivity contribution in [3.05, 3.63) is 23.8 Å². The van der Waals surface area contributed by atoms with Crippen molar-refractivity contribution in [1.82, 2.24) is 4.90 Å². The number of morpholine rings is 1. The Morgan fingerprint density at radius 3 is 2.81 bits per heavy atom. The quantitative estimate of drug-likeness (QED) is 0.768. The fraction of sp³-hybridized carbons (Fsp3) is 0.632. The zero-order chi connectivity index (χ0) is 17.8. The van der Waals surface area contributed by atoms with Crippen LogP contribution in [0.5, 0.6) is 11.5 Å². The Hall–Kier alpha value is -1.83. The minimum absolute atomic E-state index is 0.268. The maximum atomic E-state index is 5.94. The van der Waals surface area contributed by atoms with E-state index in [9.17, 15) is 0 Å². The van der Waals surface area contributed by atoms with Gasteiger partial charge in [-0.1, -0.05) is 5.16 Å². The average molecular weight is 362 g/mol. The number of benzene rings is 1. The Balaban J connectivity index is 1.37. The van der Waals surface area contributed by atoms with Gasteiger partial charge in [-0.2, -0.15) is 0 Å². The molecule has 7 nitrogen and oxygen atoms in total. The normalized spacial score (nSPS) is 26.0. The minimum Gasteiger partial charge on any atom is -0.493 e. The molecule has 0 aliphatic carbocycles. The van der Waals surface area contributed by atoms with E-state index in [1.165, 1.54) is 0 Å². The van der Waals surface area contributed by atoms with Crippen LogP contribution in [0.3, 0.4) is 0 Å². The predicted octanol–water partition coefficient (Wildman–Crippen LogP) is 1.69. The van der Waals surface area contributed by atoms with Gasteiger partial charge in [0, 0.05) is 38.0 Å². The lowest BCUT2D eigenvalue weighted by molar-refractivity contribution is -0.0237. The van der Waals surface area contributed by atoms with Crippen molar-refractivity contribution >= 4 is 5.71 Å². The molecular weight excluding hydrogens is 336 g/mol. The molecule has 3 heterocycles. The van der Waals surface area contributed by atoms with E-state index in [0.29, 0.717) is 13.2 Å². The highest BCUT2D eigenvalue weighted by Gasteiger charge is 2.43. The molecule has 3 aliphatic heterocycles. The summed E-state index contributed by atoms with van der Waals surface area (Å²) in [6.07, 6.45) is 1.66. The first kappa shape index (κ1) is 17.6. The van der Waals surface area contributed by atoms with Gasteiger partial charge in [0.05, 0.1) is 39.2 Å². The number of nitrogens with zero attached hydrogens (tertiary/aromatic N) is 2. The maximum absolute atomic E-state index is 5.94. The van der Waals surface area contributed by atoms with Crippen LogP contribution in [0, 0.1) is 0 Å². The summed E-state index contributed by atoms with van der Waals surface area (Å²) in [4.78, 5) is 8.02. The van der Waals surface area contributed by atoms with Crippen molar-refractivity contribution < 1.29 is 23.8 Å². The Morgan fingerprint density at radius 2 is 2.04 bits per heavy atom. The highest BCUT2D eigenvalue weighted by Crippen LogP contribution is 2.36. The van der Waals surface area contributed by atoms with Crippen molar-refractivity contribution in [3.8, 4) is 11.5 Å². The summed E-state index contributed by atoms with van der Waals surface area (Å²) in [7, 11) is 1.66. The fourth-order valence-corrected chi connectivity index (χ4v) is 3.55. The lowest BCUT2D eigenvalue weighted by Crippen LogP contribution is -2.38. The third kappa shape index (κ3) is 3.79. The second-order valence-electron chi connectivity index (χ2n) is 6.96. The van der Waals surface area contributed by atoms with E-state index in [-0.39, 0.29) is 5.60 Å². The molecule has 1 aromatic carbocycles. The van der Waals surface area contributed by atoms with Crippen LogP contribution in [-0.4, -0.2) is 76.0 Å². The van der Waals surface area contributed by atoms with Gasteiger partial charge in [0.1, 0.15) is 6.61 Å². The molecule has 26 heavy (non-hydrogen) atoms. The van der Waals surface area contributed by atoms with Gasteiger partial charge in [0.25, 0.3) is 0 Å². The van der Waals surface area contributed by atoms with Crippen LogP contribution < -0.4 is 9.47 Å². The second kappa shape index (κ2) is 7.82. The van der Waals surface area contributed by atoms with Gasteiger partial charge in [-0.25, -0.2) is 0 Å². The van der Waals surface area contributed by atoms with Crippen LogP contribution in [0.25, 0.3) is 0 Å². The lowest BCUT2D eigenvalue weighted by Gasteiger charge is -2.26. The molecule has 0 saturated carbocycles. The van der Waals surface area contributed by atoms with E-state index in [2.05, 4.69) is 10.1 Å². The predicted molar refractivity (Wildman–Crippen MR) is 96.2 cm³/mol. The van der Waals surface area contributed by atoms with E-state index < -0.39 is 0 Å². The first-order chi connectivity index (χ1) is 12.8. The molecular formula is C19H26N2O5. The van der Waals surface area contributed by atoms with Crippen molar-refractivity contribution in [3.63, 3.8) is 0 Å². The standard InChI is InChI=1S/C19H26N2O5/c1-22-18-12-15(16-13-19(26-20-16)4-8-24-14-19)2-3-17(18)25-11-7-21-5-9-23-10-6-21/h2-3,12H,4-11,13-14H2,1H3. The third-order valence-corrected chi connectivity index (χ3v) is 5.17. The minimum atomic E-state index is -0.268. The smallest absolute Gasteiger partial charge is 0.168 e. The lowest BCUT2D eigenvalue weighted by atomic mass is 9.93. The van der Waals surface area contributed by atoms with Gasteiger partial charge in [0.2, 0.25) is 0 Å². The Bertz CT molecular complexity index is 651. The molecule has 7 heteroatoms. The van der Waals surface area contributed by atoms with Crippen LogP contribution in [-0.2, 0) is 14.3 Å². The van der Waals surface area contributed by atoms with Crippen LogP contribution >= 0.6 is 0 Å². The zero-order valence-electron chi connectivity index (χ0n) is 15.2. The van der Waals surface area contributed by atoms with Crippen molar-refractivity contribution in [1.29, 1.82) is 0 Å². The Morgan fingerprint density at radius 1 is 1.15 bits per heavy atom. The summed E-state index contributed by atoms with van der Waals surface area (Å²) in [5, 5.41) is 4.29. The maximum Gasteiger partial charge on any atom is 0.168 e. The number of hydrogen-bond acceptors (Lipinski definition) is 7. The summed E-state index contributed by atoms with van der Waals surface area (Å²) in [6.45, 7) is 6.39. The average Bonchev–Trinajstić information content (AvgIpc) is 3.33. The molecule has 1 spiro atoms. The first-order valence-corrected chi connectivity index (χ1v) is 9.22.